The molecule has 0 heterocycles. The first-order valence-corrected chi connectivity index (χ1v) is 2.26. The average molecular weight is 143 g/mol. The number of hydrogen-bond acceptors (Lipinski definition) is 0. The van der Waals surface area contributed by atoms with Gasteiger partial charge in [0.05, 0.1) is 0 Å². The van der Waals surface area contributed by atoms with Crippen LogP contribution in [-0.4, -0.2) is 0 Å². The van der Waals surface area contributed by atoms with Crippen LogP contribution in [0.1, 0.15) is 5.56 Å². The van der Waals surface area contributed by atoms with E-state index < -0.39 is 0 Å². The maximum absolute atomic E-state index is 3.72. The molecule has 0 bridgehead atoms. The van der Waals surface area contributed by atoms with Crippen LogP contribution in [0.2, 0.25) is 0 Å². The van der Waals surface area contributed by atoms with Crippen molar-refractivity contribution in [3.05, 3.63) is 42.8 Å². The summed E-state index contributed by atoms with van der Waals surface area (Å²) in [5.41, 5.74) is 1.07. The molecule has 1 rings (SSSR count). The smallest absolute Gasteiger partial charge is 0.199 e. The van der Waals surface area contributed by atoms with E-state index in [0.717, 1.165) is 5.56 Å². The first-order chi connectivity index (χ1) is 3.39. The normalized spacial score (nSPS) is 7.50. The summed E-state index contributed by atoms with van der Waals surface area (Å²) in [6, 6.07) is 9.87. The second kappa shape index (κ2) is 3.60. The third-order valence-corrected chi connectivity index (χ3v) is 0.843. The molecule has 0 atom stereocenters. The van der Waals surface area contributed by atoms with E-state index in [1.165, 1.54) is 0 Å². The Hall–Kier alpha value is -0.378. The summed E-state index contributed by atoms with van der Waals surface area (Å²) in [7, 11) is 0. The second-order valence-corrected chi connectivity index (χ2v) is 1.49. The van der Waals surface area contributed by atoms with Crippen molar-refractivity contribution in [2.45, 2.75) is 0 Å². The van der Waals surface area contributed by atoms with Crippen molar-refractivity contribution < 1.29 is 17.4 Å². The molecule has 0 fully saturated rings. The van der Waals surface area contributed by atoms with Gasteiger partial charge in [0.15, 0.2) is 0 Å². The van der Waals surface area contributed by atoms with Gasteiger partial charge in [0.1, 0.15) is 0 Å². The molecule has 8 heavy (non-hydrogen) atoms. The van der Waals surface area contributed by atoms with Crippen LogP contribution < -0.4 is 0 Å². The van der Waals surface area contributed by atoms with Crippen molar-refractivity contribution in [2.75, 3.05) is 0 Å². The van der Waals surface area contributed by atoms with Crippen LogP contribution in [0.5, 0.6) is 0 Å². The van der Waals surface area contributed by atoms with Gasteiger partial charge in [-0.25, -0.2) is 0 Å². The molecule has 0 aliphatic carbocycles. The van der Waals surface area contributed by atoms with Crippen LogP contribution in [0.4, 0.5) is 0 Å². The zero-order valence-electron chi connectivity index (χ0n) is 4.50. The molecule has 0 nitrogen and oxygen atoms in total. The summed E-state index contributed by atoms with van der Waals surface area (Å²) in [4.78, 5) is 0. The van der Waals surface area contributed by atoms with Gasteiger partial charge in [-0.3, -0.25) is 0 Å². The van der Waals surface area contributed by atoms with Crippen molar-refractivity contribution in [3.8, 4) is 0 Å². The Kier molecular flexibility index (Phi) is 3.43. The molecular weight excluding hydrogens is 136 g/mol. The van der Waals surface area contributed by atoms with E-state index in [2.05, 4.69) is 6.92 Å². The van der Waals surface area contributed by atoms with Gasteiger partial charge in [-0.15, -0.1) is 12.1 Å². The number of hydrogen-bond donors (Lipinski definition) is 0. The third kappa shape index (κ3) is 2.07. The Morgan fingerprint density at radius 3 is 1.75 bits per heavy atom. The fourth-order valence-electron chi connectivity index (χ4n) is 0.478. The Labute approximate surface area is 60.7 Å². The maximum Gasteiger partial charge on any atom is 3.00 e. The van der Waals surface area contributed by atoms with Gasteiger partial charge < -0.3 is 0 Å². The van der Waals surface area contributed by atoms with E-state index in [1.807, 2.05) is 30.3 Å². The molecule has 39 valence electrons. The molecule has 0 unspecified atom stereocenters. The minimum absolute atomic E-state index is 0. The van der Waals surface area contributed by atoms with E-state index >= 15 is 0 Å². The fourth-order valence-corrected chi connectivity index (χ4v) is 0.478. The molecule has 0 spiro atoms. The minimum atomic E-state index is 0. The summed E-state index contributed by atoms with van der Waals surface area (Å²) in [6.07, 6.45) is 0. The predicted octanol–water partition coefficient (Wildman–Crippen LogP) is 1.87. The van der Waals surface area contributed by atoms with Gasteiger partial charge in [-0.05, 0) is 0 Å². The van der Waals surface area contributed by atoms with Crippen LogP contribution in [0.25, 0.3) is 0 Å². The Morgan fingerprint density at radius 2 is 1.50 bits per heavy atom. The molecule has 1 aromatic carbocycles. The molecule has 1 radical (unpaired) electrons. The summed E-state index contributed by atoms with van der Waals surface area (Å²) < 4.78 is 0. The van der Waals surface area contributed by atoms with Gasteiger partial charge in [0.2, 0.25) is 0 Å². The Balaban J connectivity index is 0.000000490. The zero-order chi connectivity index (χ0) is 5.11. The van der Waals surface area contributed by atoms with Crippen molar-refractivity contribution in [3.63, 3.8) is 0 Å². The van der Waals surface area contributed by atoms with Gasteiger partial charge in [-0.2, -0.15) is 24.6 Å². The van der Waals surface area contributed by atoms with E-state index in [4.69, 9.17) is 0 Å². The third-order valence-electron chi connectivity index (χ3n) is 0.843. The largest absolute Gasteiger partial charge is 3.00 e. The molecule has 0 N–H and O–H groups in total. The summed E-state index contributed by atoms with van der Waals surface area (Å²) in [5, 5.41) is 0. The van der Waals surface area contributed by atoms with Gasteiger partial charge in [0, 0.05) is 0 Å². The van der Waals surface area contributed by atoms with Crippen molar-refractivity contribution in [1.29, 1.82) is 0 Å². The number of rotatable bonds is 0. The summed E-state index contributed by atoms with van der Waals surface area (Å²) in [5.74, 6) is 0. The molecule has 0 aliphatic heterocycles. The quantitative estimate of drug-likeness (QED) is 0.486. The molecule has 1 aromatic rings. The van der Waals surface area contributed by atoms with E-state index in [9.17, 15) is 0 Å². The van der Waals surface area contributed by atoms with E-state index in [0.29, 0.717) is 0 Å². The topological polar surface area (TPSA) is 0 Å². The van der Waals surface area contributed by atoms with E-state index in [1.54, 1.807) is 0 Å². The minimum Gasteiger partial charge on any atom is -0.199 e. The molecule has 1 heteroatoms. The monoisotopic (exact) mass is 143 g/mol. The first kappa shape index (κ1) is 7.62. The maximum atomic E-state index is 3.72. The second-order valence-electron chi connectivity index (χ2n) is 1.49. The molecule has 0 saturated carbocycles. The van der Waals surface area contributed by atoms with Crippen LogP contribution in [0, 0.1) is 6.92 Å². The molecule has 0 saturated heterocycles. The molecular formula is C7H7Cr+2. The summed E-state index contributed by atoms with van der Waals surface area (Å²) >= 11 is 0. The van der Waals surface area contributed by atoms with Crippen LogP contribution in [-0.2, 0) is 17.4 Å². The molecule has 0 aliphatic rings. The van der Waals surface area contributed by atoms with Crippen molar-refractivity contribution in [2.24, 2.45) is 0 Å². The number of benzene rings is 1. The van der Waals surface area contributed by atoms with Crippen LogP contribution in [0.15, 0.2) is 30.3 Å². The first-order valence-electron chi connectivity index (χ1n) is 2.26. The van der Waals surface area contributed by atoms with Crippen LogP contribution in [0.3, 0.4) is 0 Å². The predicted molar refractivity (Wildman–Crippen MR) is 30.9 cm³/mol. The Morgan fingerprint density at radius 1 is 1.00 bits per heavy atom. The average Bonchev–Trinajstić information content (AvgIpc) is 1.69. The molecule has 0 amide bonds. The summed E-state index contributed by atoms with van der Waals surface area (Å²) in [6.45, 7) is 3.72. The van der Waals surface area contributed by atoms with Gasteiger partial charge >= 0.3 is 17.4 Å². The van der Waals surface area contributed by atoms with E-state index in [-0.39, 0.29) is 17.4 Å². The zero-order valence-corrected chi connectivity index (χ0v) is 5.78. The fraction of sp³-hybridized carbons (Fsp3) is 0. The van der Waals surface area contributed by atoms with Gasteiger partial charge in [0.25, 0.3) is 0 Å². The Bertz CT molecular complexity index is 134. The molecule has 0 aromatic heterocycles. The van der Waals surface area contributed by atoms with Crippen molar-refractivity contribution in [1.82, 2.24) is 0 Å². The van der Waals surface area contributed by atoms with Crippen molar-refractivity contribution >= 4 is 0 Å². The SMILES string of the molecule is [CH2-]c1ccccc1.[Cr+3]. The van der Waals surface area contributed by atoms with Crippen LogP contribution >= 0.6 is 0 Å². The standard InChI is InChI=1S/C7H7.Cr/c1-7-5-3-2-4-6-7;/h2-6H,1H2;/q-1;+3. The van der Waals surface area contributed by atoms with Gasteiger partial charge in [-0.1, -0.05) is 6.07 Å².